The van der Waals surface area contributed by atoms with Gasteiger partial charge in [0, 0.05) is 49.4 Å². The molecule has 2 amide bonds. The first-order valence-corrected chi connectivity index (χ1v) is 10.6. The summed E-state index contributed by atoms with van der Waals surface area (Å²) in [6.45, 7) is 4.36. The number of carbonyl (C=O) groups is 2. The van der Waals surface area contributed by atoms with E-state index in [1.807, 2.05) is 11.8 Å². The van der Waals surface area contributed by atoms with Crippen molar-refractivity contribution in [2.75, 3.05) is 31.1 Å². The molecular weight excluding hydrogens is 400 g/mol. The van der Waals surface area contributed by atoms with Crippen LogP contribution >= 0.6 is 0 Å². The van der Waals surface area contributed by atoms with E-state index < -0.39 is 4.92 Å². The number of anilines is 1. The monoisotopic (exact) mass is 426 g/mol. The van der Waals surface area contributed by atoms with Gasteiger partial charge in [0.15, 0.2) is 5.76 Å². The molecule has 3 heterocycles. The maximum atomic E-state index is 13.0. The van der Waals surface area contributed by atoms with Gasteiger partial charge in [0.05, 0.1) is 11.2 Å². The van der Waals surface area contributed by atoms with Gasteiger partial charge in [-0.05, 0) is 50.8 Å². The standard InChI is InChI=1S/C22H26N4O5/c1-15-8-13-31-20(15)21(27)23-17-6-11-25(12-7-17)22(28)16-4-5-18(19(14-16)26(29)30)24-9-2-3-10-24/h4-5,8,13-14,17H,2-3,6-7,9-12H2,1H3,(H,23,27). The van der Waals surface area contributed by atoms with Crippen molar-refractivity contribution < 1.29 is 18.9 Å². The summed E-state index contributed by atoms with van der Waals surface area (Å²) in [6, 6.07) is 6.45. The molecule has 4 rings (SSSR count). The Morgan fingerprint density at radius 2 is 1.84 bits per heavy atom. The highest BCUT2D eigenvalue weighted by molar-refractivity contribution is 5.96. The van der Waals surface area contributed by atoms with Crippen molar-refractivity contribution in [3.05, 3.63) is 57.5 Å². The van der Waals surface area contributed by atoms with Crippen LogP contribution in [0.2, 0.25) is 0 Å². The third kappa shape index (κ3) is 4.40. The van der Waals surface area contributed by atoms with Crippen molar-refractivity contribution in [1.29, 1.82) is 0 Å². The summed E-state index contributed by atoms with van der Waals surface area (Å²) in [5.41, 5.74) is 1.66. The van der Waals surface area contributed by atoms with Gasteiger partial charge in [-0.3, -0.25) is 19.7 Å². The first-order valence-electron chi connectivity index (χ1n) is 10.6. The van der Waals surface area contributed by atoms with E-state index in [0.29, 0.717) is 42.9 Å². The van der Waals surface area contributed by atoms with E-state index >= 15 is 0 Å². The molecule has 9 heteroatoms. The molecule has 0 radical (unpaired) electrons. The summed E-state index contributed by atoms with van der Waals surface area (Å²) in [5.74, 6) is -0.160. The van der Waals surface area contributed by atoms with Crippen molar-refractivity contribution in [3.8, 4) is 0 Å². The van der Waals surface area contributed by atoms with E-state index in [4.69, 9.17) is 4.42 Å². The van der Waals surface area contributed by atoms with Gasteiger partial charge in [0.1, 0.15) is 5.69 Å². The van der Waals surface area contributed by atoms with Crippen molar-refractivity contribution in [1.82, 2.24) is 10.2 Å². The van der Waals surface area contributed by atoms with Crippen LogP contribution in [0, 0.1) is 17.0 Å². The molecule has 2 aromatic rings. The topological polar surface area (TPSA) is 109 Å². The molecule has 0 bridgehead atoms. The average Bonchev–Trinajstić information content (AvgIpc) is 3.45. The molecule has 2 saturated heterocycles. The number of aryl methyl sites for hydroxylation is 1. The second kappa shape index (κ2) is 8.79. The Bertz CT molecular complexity index is 988. The predicted octanol–water partition coefficient (Wildman–Crippen LogP) is 3.13. The van der Waals surface area contributed by atoms with E-state index in [1.54, 1.807) is 23.1 Å². The molecule has 0 unspecified atom stereocenters. The number of amides is 2. The average molecular weight is 426 g/mol. The number of carbonyl (C=O) groups excluding carboxylic acids is 2. The Morgan fingerprint density at radius 1 is 1.13 bits per heavy atom. The molecule has 0 atom stereocenters. The summed E-state index contributed by atoms with van der Waals surface area (Å²) >= 11 is 0. The number of nitrogens with one attached hydrogen (secondary N) is 1. The molecule has 1 aromatic heterocycles. The number of hydrogen-bond acceptors (Lipinski definition) is 6. The highest BCUT2D eigenvalue weighted by Gasteiger charge is 2.28. The lowest BCUT2D eigenvalue weighted by molar-refractivity contribution is -0.384. The number of nitro benzene ring substituents is 1. The summed E-state index contributed by atoms with van der Waals surface area (Å²) in [6.07, 6.45) is 4.75. The largest absolute Gasteiger partial charge is 0.459 e. The number of nitro groups is 1. The van der Waals surface area contributed by atoms with Gasteiger partial charge in [0.2, 0.25) is 0 Å². The molecule has 9 nitrogen and oxygen atoms in total. The fourth-order valence-corrected chi connectivity index (χ4v) is 4.29. The minimum atomic E-state index is -0.414. The minimum absolute atomic E-state index is 0.0243. The van der Waals surface area contributed by atoms with Gasteiger partial charge in [-0.2, -0.15) is 0 Å². The number of benzene rings is 1. The number of piperidine rings is 1. The van der Waals surface area contributed by atoms with Crippen LogP contribution in [0.25, 0.3) is 0 Å². The second-order valence-electron chi connectivity index (χ2n) is 8.13. The Morgan fingerprint density at radius 3 is 2.45 bits per heavy atom. The maximum absolute atomic E-state index is 13.0. The number of hydrogen-bond donors (Lipinski definition) is 1. The van der Waals surface area contributed by atoms with Crippen molar-refractivity contribution in [3.63, 3.8) is 0 Å². The molecule has 2 aliphatic heterocycles. The SMILES string of the molecule is Cc1ccoc1C(=O)NC1CCN(C(=O)c2ccc(N3CCCC3)c([N+](=O)[O-])c2)CC1. The van der Waals surface area contributed by atoms with Crippen LogP contribution in [-0.2, 0) is 0 Å². The number of rotatable bonds is 5. The lowest BCUT2D eigenvalue weighted by atomic mass is 10.0. The summed E-state index contributed by atoms with van der Waals surface area (Å²) in [4.78, 5) is 40.2. The zero-order chi connectivity index (χ0) is 22.0. The molecule has 164 valence electrons. The van der Waals surface area contributed by atoms with Crippen LogP contribution in [0.15, 0.2) is 34.9 Å². The van der Waals surface area contributed by atoms with E-state index in [2.05, 4.69) is 5.32 Å². The predicted molar refractivity (Wildman–Crippen MR) is 114 cm³/mol. The molecular formula is C22H26N4O5. The van der Waals surface area contributed by atoms with Crippen LogP contribution in [0.1, 0.15) is 52.2 Å². The van der Waals surface area contributed by atoms with E-state index in [0.717, 1.165) is 31.5 Å². The van der Waals surface area contributed by atoms with Gasteiger partial charge in [-0.25, -0.2) is 0 Å². The lowest BCUT2D eigenvalue weighted by Crippen LogP contribution is -2.46. The second-order valence-corrected chi connectivity index (χ2v) is 8.13. The molecule has 0 aliphatic carbocycles. The van der Waals surface area contributed by atoms with E-state index in [9.17, 15) is 19.7 Å². The number of furan rings is 1. The molecule has 31 heavy (non-hydrogen) atoms. The van der Waals surface area contributed by atoms with Crippen LogP contribution in [0.5, 0.6) is 0 Å². The normalized spacial score (nSPS) is 17.1. The molecule has 2 fully saturated rings. The van der Waals surface area contributed by atoms with Crippen molar-refractivity contribution in [2.45, 2.75) is 38.6 Å². The Kier molecular flexibility index (Phi) is 5.92. The number of likely N-dealkylation sites (tertiary alicyclic amines) is 1. The smallest absolute Gasteiger partial charge is 0.293 e. The summed E-state index contributed by atoms with van der Waals surface area (Å²) in [5, 5.41) is 14.6. The number of nitrogens with zero attached hydrogens (tertiary/aromatic N) is 3. The summed E-state index contributed by atoms with van der Waals surface area (Å²) < 4.78 is 5.23. The first kappa shape index (κ1) is 20.9. The third-order valence-corrected chi connectivity index (χ3v) is 6.05. The zero-order valence-corrected chi connectivity index (χ0v) is 17.5. The molecule has 1 aromatic carbocycles. The zero-order valence-electron chi connectivity index (χ0n) is 17.5. The van der Waals surface area contributed by atoms with Gasteiger partial charge in [0.25, 0.3) is 17.5 Å². The Hall–Kier alpha value is -3.36. The van der Waals surface area contributed by atoms with Crippen molar-refractivity contribution >= 4 is 23.2 Å². The third-order valence-electron chi connectivity index (χ3n) is 6.05. The van der Waals surface area contributed by atoms with E-state index in [1.165, 1.54) is 12.3 Å². The fourth-order valence-electron chi connectivity index (χ4n) is 4.29. The van der Waals surface area contributed by atoms with Crippen LogP contribution < -0.4 is 10.2 Å². The quantitative estimate of drug-likeness (QED) is 0.581. The van der Waals surface area contributed by atoms with Gasteiger partial charge < -0.3 is 19.5 Å². The molecule has 0 saturated carbocycles. The first-order chi connectivity index (χ1) is 14.9. The summed E-state index contributed by atoms with van der Waals surface area (Å²) in [7, 11) is 0. The Labute approximate surface area is 180 Å². The highest BCUT2D eigenvalue weighted by Crippen LogP contribution is 2.32. The molecule has 1 N–H and O–H groups in total. The lowest BCUT2D eigenvalue weighted by Gasteiger charge is -2.32. The van der Waals surface area contributed by atoms with E-state index in [-0.39, 0.29) is 23.5 Å². The Balaban J connectivity index is 1.39. The van der Waals surface area contributed by atoms with Crippen LogP contribution in [0.4, 0.5) is 11.4 Å². The van der Waals surface area contributed by atoms with Gasteiger partial charge in [-0.1, -0.05) is 0 Å². The highest BCUT2D eigenvalue weighted by atomic mass is 16.6. The molecule has 0 spiro atoms. The maximum Gasteiger partial charge on any atom is 0.293 e. The minimum Gasteiger partial charge on any atom is -0.459 e. The van der Waals surface area contributed by atoms with Gasteiger partial charge >= 0.3 is 0 Å². The van der Waals surface area contributed by atoms with Gasteiger partial charge in [-0.15, -0.1) is 0 Å². The van der Waals surface area contributed by atoms with Crippen LogP contribution in [0.3, 0.4) is 0 Å². The fraction of sp³-hybridized carbons (Fsp3) is 0.455. The van der Waals surface area contributed by atoms with Crippen molar-refractivity contribution in [2.24, 2.45) is 0 Å². The van der Waals surface area contributed by atoms with Crippen LogP contribution in [-0.4, -0.2) is 53.9 Å². The molecule has 2 aliphatic rings.